The SMILES string of the molecule is Cc1cnn(C)c1-c1cc(F)nc(O[C@@H]2CCN(C3=C(Cl)C(=O)CN=C3)C2)c1. The van der Waals surface area contributed by atoms with E-state index in [1.54, 1.807) is 30.2 Å². The first kappa shape index (κ1) is 18.6. The molecule has 2 aromatic heterocycles. The van der Waals surface area contributed by atoms with Gasteiger partial charge in [-0.1, -0.05) is 11.6 Å². The number of likely N-dealkylation sites (tertiary alicyclic amines) is 1. The molecule has 2 aromatic rings. The number of carbonyl (C=O) groups is 1. The molecule has 0 saturated carbocycles. The van der Waals surface area contributed by atoms with Gasteiger partial charge >= 0.3 is 0 Å². The van der Waals surface area contributed by atoms with Gasteiger partial charge in [0.1, 0.15) is 17.7 Å². The number of aliphatic imine (C=N–C) groups is 1. The number of Topliss-reactive ketones (excluding diaryl/α,β-unsaturated/α-hetero) is 1. The van der Waals surface area contributed by atoms with Crippen LogP contribution in [-0.4, -0.2) is 57.4 Å². The molecule has 2 aliphatic heterocycles. The van der Waals surface area contributed by atoms with Gasteiger partial charge in [-0.05, 0) is 12.5 Å². The summed E-state index contributed by atoms with van der Waals surface area (Å²) in [6, 6.07) is 3.08. The normalized spacial score (nSPS) is 19.6. The molecule has 0 aliphatic carbocycles. The minimum absolute atomic E-state index is 0.0829. The van der Waals surface area contributed by atoms with Crippen LogP contribution >= 0.6 is 11.6 Å². The molecule has 7 nitrogen and oxygen atoms in total. The Balaban J connectivity index is 1.52. The van der Waals surface area contributed by atoms with Crippen LogP contribution in [0.5, 0.6) is 5.88 Å². The highest BCUT2D eigenvalue weighted by atomic mass is 35.5. The lowest BCUT2D eigenvalue weighted by Gasteiger charge is -2.22. The number of aromatic nitrogens is 3. The Morgan fingerprint density at radius 1 is 1.36 bits per heavy atom. The fourth-order valence-corrected chi connectivity index (χ4v) is 3.78. The van der Waals surface area contributed by atoms with Gasteiger partial charge in [0.05, 0.1) is 24.1 Å². The first-order chi connectivity index (χ1) is 13.4. The molecule has 28 heavy (non-hydrogen) atoms. The van der Waals surface area contributed by atoms with Gasteiger partial charge in [-0.2, -0.15) is 14.5 Å². The van der Waals surface area contributed by atoms with Crippen molar-refractivity contribution in [1.29, 1.82) is 0 Å². The third-order valence-corrected chi connectivity index (χ3v) is 5.26. The summed E-state index contributed by atoms with van der Waals surface area (Å²) >= 11 is 6.14. The van der Waals surface area contributed by atoms with E-state index in [9.17, 15) is 9.18 Å². The van der Waals surface area contributed by atoms with E-state index in [0.717, 1.165) is 11.3 Å². The van der Waals surface area contributed by atoms with E-state index in [1.165, 1.54) is 6.07 Å². The first-order valence-electron chi connectivity index (χ1n) is 8.93. The number of nitrogens with zero attached hydrogens (tertiary/aromatic N) is 5. The van der Waals surface area contributed by atoms with E-state index >= 15 is 0 Å². The van der Waals surface area contributed by atoms with Crippen molar-refractivity contribution in [2.75, 3.05) is 19.6 Å². The minimum Gasteiger partial charge on any atom is -0.472 e. The smallest absolute Gasteiger partial charge is 0.216 e. The quantitative estimate of drug-likeness (QED) is 0.733. The molecule has 0 aromatic carbocycles. The molecule has 1 atom stereocenters. The van der Waals surface area contributed by atoms with E-state index in [2.05, 4.69) is 15.1 Å². The highest BCUT2D eigenvalue weighted by Gasteiger charge is 2.29. The molecule has 0 bridgehead atoms. The highest BCUT2D eigenvalue weighted by Crippen LogP contribution is 2.28. The largest absolute Gasteiger partial charge is 0.472 e. The third kappa shape index (κ3) is 3.52. The molecular formula is C19H19ClFN5O2. The summed E-state index contributed by atoms with van der Waals surface area (Å²) in [6.45, 7) is 3.18. The highest BCUT2D eigenvalue weighted by molar-refractivity contribution is 6.44. The molecule has 1 fully saturated rings. The summed E-state index contributed by atoms with van der Waals surface area (Å²) < 4.78 is 21.7. The number of allylic oxidation sites excluding steroid dienone is 1. The number of aryl methyl sites for hydroxylation is 2. The Bertz CT molecular complexity index is 981. The number of hydrogen-bond acceptors (Lipinski definition) is 6. The van der Waals surface area contributed by atoms with E-state index in [0.29, 0.717) is 30.8 Å². The predicted octanol–water partition coefficient (Wildman–Crippen LogP) is 2.49. The van der Waals surface area contributed by atoms with Crippen molar-refractivity contribution in [3.8, 4) is 17.1 Å². The number of hydrogen-bond donors (Lipinski definition) is 0. The van der Waals surface area contributed by atoms with Gasteiger partial charge in [0, 0.05) is 43.9 Å². The zero-order chi connectivity index (χ0) is 19.8. The predicted molar refractivity (Wildman–Crippen MR) is 103 cm³/mol. The number of halogens is 2. The first-order valence-corrected chi connectivity index (χ1v) is 9.31. The summed E-state index contributed by atoms with van der Waals surface area (Å²) in [5.74, 6) is -0.582. The number of ether oxygens (including phenoxy) is 1. The number of carbonyl (C=O) groups excluding carboxylic acids is 1. The number of rotatable bonds is 4. The second-order valence-corrected chi connectivity index (χ2v) is 7.26. The van der Waals surface area contributed by atoms with Gasteiger partial charge in [-0.25, -0.2) is 0 Å². The van der Waals surface area contributed by atoms with Crippen molar-refractivity contribution >= 4 is 23.6 Å². The maximum absolute atomic E-state index is 14.1. The fourth-order valence-electron chi connectivity index (χ4n) is 3.55. The van der Waals surface area contributed by atoms with Gasteiger partial charge in [0.25, 0.3) is 0 Å². The third-order valence-electron chi connectivity index (χ3n) is 4.86. The Morgan fingerprint density at radius 2 is 2.18 bits per heavy atom. The number of pyridine rings is 1. The van der Waals surface area contributed by atoms with Crippen LogP contribution in [0.1, 0.15) is 12.0 Å². The molecule has 1 saturated heterocycles. The molecular weight excluding hydrogens is 385 g/mol. The van der Waals surface area contributed by atoms with Gasteiger partial charge < -0.3 is 9.64 Å². The lowest BCUT2D eigenvalue weighted by atomic mass is 10.1. The van der Waals surface area contributed by atoms with Crippen molar-refractivity contribution in [2.45, 2.75) is 19.4 Å². The molecule has 0 unspecified atom stereocenters. The molecule has 9 heteroatoms. The average Bonchev–Trinajstić information content (AvgIpc) is 3.23. The van der Waals surface area contributed by atoms with Crippen LogP contribution < -0.4 is 4.74 Å². The number of ketones is 1. The topological polar surface area (TPSA) is 72.6 Å². The lowest BCUT2D eigenvalue weighted by molar-refractivity contribution is -0.113. The molecule has 0 N–H and O–H groups in total. The zero-order valence-electron chi connectivity index (χ0n) is 15.5. The molecule has 0 radical (unpaired) electrons. The number of dihydropyridines is 1. The monoisotopic (exact) mass is 403 g/mol. The van der Waals surface area contributed by atoms with Gasteiger partial charge in [-0.3, -0.25) is 14.5 Å². The van der Waals surface area contributed by atoms with Crippen LogP contribution in [0, 0.1) is 12.9 Å². The zero-order valence-corrected chi connectivity index (χ0v) is 16.3. The summed E-state index contributed by atoms with van der Waals surface area (Å²) in [5, 5.41) is 4.40. The van der Waals surface area contributed by atoms with Crippen LogP contribution in [0.2, 0.25) is 0 Å². The van der Waals surface area contributed by atoms with E-state index < -0.39 is 5.95 Å². The van der Waals surface area contributed by atoms with Crippen LogP contribution in [0.25, 0.3) is 11.3 Å². The fraction of sp³-hybridized carbons (Fsp3) is 0.368. The van der Waals surface area contributed by atoms with Crippen molar-refractivity contribution in [1.82, 2.24) is 19.7 Å². The average molecular weight is 404 g/mol. The molecule has 146 valence electrons. The minimum atomic E-state index is -0.612. The van der Waals surface area contributed by atoms with Crippen molar-refractivity contribution in [2.24, 2.45) is 12.0 Å². The molecule has 4 rings (SSSR count). The standard InChI is InChI=1S/C19H19ClFN5O2/c1-11-7-23-25(2)19(11)12-5-16(21)24-17(6-12)28-13-3-4-26(10-13)14-8-22-9-15(27)18(14)20/h5-8,13H,3-4,9-10H2,1-2H3/t13-/m1/s1. The second-order valence-electron chi connectivity index (χ2n) is 6.88. The molecule has 2 aliphatic rings. The van der Waals surface area contributed by atoms with Crippen LogP contribution in [0.15, 0.2) is 34.1 Å². The van der Waals surface area contributed by atoms with Gasteiger partial charge in [0.15, 0.2) is 5.78 Å². The Kier molecular flexibility index (Phi) is 4.89. The van der Waals surface area contributed by atoms with Gasteiger partial charge in [-0.15, -0.1) is 0 Å². The molecule has 4 heterocycles. The van der Waals surface area contributed by atoms with Crippen LogP contribution in [0.3, 0.4) is 0 Å². The van der Waals surface area contributed by atoms with E-state index in [1.807, 2.05) is 11.8 Å². The Morgan fingerprint density at radius 3 is 2.93 bits per heavy atom. The van der Waals surface area contributed by atoms with Crippen LogP contribution in [0.4, 0.5) is 4.39 Å². The summed E-state index contributed by atoms with van der Waals surface area (Å²) in [4.78, 5) is 21.6. The maximum atomic E-state index is 14.1. The lowest BCUT2D eigenvalue weighted by Crippen LogP contribution is -2.28. The van der Waals surface area contributed by atoms with E-state index in [4.69, 9.17) is 16.3 Å². The Labute approximate surface area is 166 Å². The second kappa shape index (κ2) is 7.35. The summed E-state index contributed by atoms with van der Waals surface area (Å²) in [6.07, 6.45) is 3.86. The maximum Gasteiger partial charge on any atom is 0.216 e. The molecule has 0 spiro atoms. The van der Waals surface area contributed by atoms with Crippen LogP contribution in [-0.2, 0) is 11.8 Å². The van der Waals surface area contributed by atoms with Gasteiger partial charge in [0.2, 0.25) is 11.8 Å². The van der Waals surface area contributed by atoms with Crippen molar-refractivity contribution < 1.29 is 13.9 Å². The summed E-state index contributed by atoms with van der Waals surface area (Å²) in [7, 11) is 1.81. The summed E-state index contributed by atoms with van der Waals surface area (Å²) in [5.41, 5.74) is 3.02. The molecule has 0 amide bonds. The van der Waals surface area contributed by atoms with Crippen molar-refractivity contribution in [3.05, 3.63) is 40.6 Å². The Hall–Kier alpha value is -2.74. The van der Waals surface area contributed by atoms with E-state index in [-0.39, 0.29) is 29.3 Å². The van der Waals surface area contributed by atoms with Crippen molar-refractivity contribution in [3.63, 3.8) is 0 Å².